The lowest BCUT2D eigenvalue weighted by Crippen LogP contribution is -2.07. The average molecular weight is 470 g/mol. The fourth-order valence-corrected chi connectivity index (χ4v) is 2.94. The van der Waals surface area contributed by atoms with Crippen molar-refractivity contribution in [1.29, 1.82) is 0 Å². The molecule has 0 radical (unpaired) electrons. The Balaban J connectivity index is 1.97. The van der Waals surface area contributed by atoms with Gasteiger partial charge < -0.3 is 20.1 Å². The van der Waals surface area contributed by atoms with Crippen LogP contribution in [0.5, 0.6) is 11.5 Å². The van der Waals surface area contributed by atoms with Gasteiger partial charge in [0.05, 0.1) is 35.4 Å². The number of nitrogens with zero attached hydrogens (tertiary/aromatic N) is 3. The minimum Gasteiger partial charge on any atom is -0.495 e. The summed E-state index contributed by atoms with van der Waals surface area (Å²) < 4.78 is 48.6. The molecule has 1 heterocycles. The first-order valence-corrected chi connectivity index (χ1v) is 9.14. The van der Waals surface area contributed by atoms with E-state index in [1.165, 1.54) is 26.4 Å². The van der Waals surface area contributed by atoms with Crippen LogP contribution in [0.4, 0.5) is 41.9 Å². The van der Waals surface area contributed by atoms with E-state index in [0.29, 0.717) is 5.75 Å². The van der Waals surface area contributed by atoms with Crippen molar-refractivity contribution in [2.75, 3.05) is 24.9 Å². The summed E-state index contributed by atoms with van der Waals surface area (Å²) in [6, 6.07) is 6.88. The van der Waals surface area contributed by atoms with Gasteiger partial charge in [0.1, 0.15) is 17.8 Å². The molecule has 168 valence electrons. The van der Waals surface area contributed by atoms with Gasteiger partial charge in [-0.3, -0.25) is 10.1 Å². The Morgan fingerprint density at radius 3 is 2.12 bits per heavy atom. The van der Waals surface area contributed by atoms with E-state index < -0.39 is 22.4 Å². The molecule has 1 aromatic heterocycles. The smallest absolute Gasteiger partial charge is 0.416 e. The van der Waals surface area contributed by atoms with Crippen molar-refractivity contribution in [3.8, 4) is 11.5 Å². The molecule has 32 heavy (non-hydrogen) atoms. The van der Waals surface area contributed by atoms with Gasteiger partial charge in [0.25, 0.3) is 0 Å². The lowest BCUT2D eigenvalue weighted by Gasteiger charge is -2.14. The Morgan fingerprint density at radius 1 is 1.00 bits per heavy atom. The number of alkyl halides is 3. The number of benzene rings is 2. The van der Waals surface area contributed by atoms with Crippen LogP contribution >= 0.6 is 11.6 Å². The summed E-state index contributed by atoms with van der Waals surface area (Å²) in [5.74, 6) is 0.178. The molecule has 0 atom stereocenters. The maximum Gasteiger partial charge on any atom is 0.416 e. The van der Waals surface area contributed by atoms with Crippen LogP contribution in [-0.4, -0.2) is 29.1 Å². The van der Waals surface area contributed by atoms with Gasteiger partial charge in [0.2, 0.25) is 11.6 Å². The number of halogens is 4. The van der Waals surface area contributed by atoms with Crippen LogP contribution in [0.2, 0.25) is 5.02 Å². The lowest BCUT2D eigenvalue weighted by molar-refractivity contribution is -0.383. The second kappa shape index (κ2) is 9.14. The van der Waals surface area contributed by atoms with Crippen LogP contribution in [0, 0.1) is 10.1 Å². The third-order valence-corrected chi connectivity index (χ3v) is 4.50. The van der Waals surface area contributed by atoms with Crippen molar-refractivity contribution in [3.05, 3.63) is 63.4 Å². The number of aromatic nitrogens is 2. The molecule has 0 unspecified atom stereocenters. The van der Waals surface area contributed by atoms with Crippen LogP contribution in [0.15, 0.2) is 42.7 Å². The zero-order valence-electron chi connectivity index (χ0n) is 16.5. The molecule has 0 amide bonds. The third-order valence-electron chi connectivity index (χ3n) is 4.21. The molecule has 0 bridgehead atoms. The zero-order chi connectivity index (χ0) is 23.5. The van der Waals surface area contributed by atoms with E-state index in [9.17, 15) is 23.3 Å². The summed E-state index contributed by atoms with van der Waals surface area (Å²) in [6.07, 6.45) is -3.45. The first-order valence-electron chi connectivity index (χ1n) is 8.76. The Hall–Kier alpha value is -3.80. The van der Waals surface area contributed by atoms with E-state index in [1.54, 1.807) is 0 Å². The summed E-state index contributed by atoms with van der Waals surface area (Å²) in [5, 5.41) is 17.4. The molecule has 0 spiro atoms. The van der Waals surface area contributed by atoms with Crippen molar-refractivity contribution in [1.82, 2.24) is 9.97 Å². The Morgan fingerprint density at radius 2 is 1.59 bits per heavy atom. The highest BCUT2D eigenvalue weighted by Gasteiger charge is 2.30. The van der Waals surface area contributed by atoms with Crippen molar-refractivity contribution in [3.63, 3.8) is 0 Å². The van der Waals surface area contributed by atoms with Crippen molar-refractivity contribution >= 4 is 40.3 Å². The van der Waals surface area contributed by atoms with Gasteiger partial charge in [0.15, 0.2) is 0 Å². The van der Waals surface area contributed by atoms with Crippen LogP contribution in [-0.2, 0) is 6.18 Å². The molecule has 0 saturated heterocycles. The number of hydrogen-bond donors (Lipinski definition) is 2. The van der Waals surface area contributed by atoms with Crippen LogP contribution in [0.1, 0.15) is 5.56 Å². The van der Waals surface area contributed by atoms with Crippen LogP contribution in [0.3, 0.4) is 0 Å². The molecular formula is C19H15ClF3N5O4. The van der Waals surface area contributed by atoms with Crippen molar-refractivity contribution < 1.29 is 27.6 Å². The second-order valence-corrected chi connectivity index (χ2v) is 6.60. The quantitative estimate of drug-likeness (QED) is 0.341. The maximum atomic E-state index is 12.7. The molecule has 0 aliphatic carbocycles. The second-order valence-electron chi connectivity index (χ2n) is 6.19. The summed E-state index contributed by atoms with van der Waals surface area (Å²) in [4.78, 5) is 18.8. The standard InChI is InChI=1S/C19H15ClF3N5O4/c1-31-14-8-15(32-2)13(7-12(14)20)27-18-16(28(29)30)17(24-9-25-18)26-11-5-3-10(4-6-11)19(21,22)23/h3-9H,1-2H3,(H2,24,25,26,27). The van der Waals surface area contributed by atoms with Gasteiger partial charge in [-0.15, -0.1) is 0 Å². The van der Waals surface area contributed by atoms with E-state index in [-0.39, 0.29) is 33.8 Å². The largest absolute Gasteiger partial charge is 0.495 e. The predicted octanol–water partition coefficient (Wildman–Crippen LogP) is 5.56. The van der Waals surface area contributed by atoms with Gasteiger partial charge in [-0.05, 0) is 30.3 Å². The molecule has 3 rings (SSSR count). The number of ether oxygens (including phenoxy) is 2. The van der Waals surface area contributed by atoms with Gasteiger partial charge in [-0.2, -0.15) is 13.2 Å². The Labute approximate surface area is 184 Å². The molecule has 0 fully saturated rings. The fourth-order valence-electron chi connectivity index (χ4n) is 2.70. The van der Waals surface area contributed by atoms with Gasteiger partial charge in [-0.25, -0.2) is 9.97 Å². The predicted molar refractivity (Wildman–Crippen MR) is 111 cm³/mol. The molecular weight excluding hydrogens is 455 g/mol. The Kier molecular flexibility index (Phi) is 6.53. The highest BCUT2D eigenvalue weighted by molar-refractivity contribution is 6.32. The summed E-state index contributed by atoms with van der Waals surface area (Å²) in [5.41, 5.74) is -0.969. The first kappa shape index (κ1) is 22.9. The van der Waals surface area contributed by atoms with E-state index in [4.69, 9.17) is 21.1 Å². The van der Waals surface area contributed by atoms with E-state index >= 15 is 0 Å². The minimum atomic E-state index is -4.50. The number of nitrogens with one attached hydrogen (secondary N) is 2. The summed E-state index contributed by atoms with van der Waals surface area (Å²) >= 11 is 6.13. The number of nitro groups is 1. The monoisotopic (exact) mass is 469 g/mol. The lowest BCUT2D eigenvalue weighted by atomic mass is 10.2. The molecule has 9 nitrogen and oxygen atoms in total. The Bertz CT molecular complexity index is 1140. The topological polar surface area (TPSA) is 111 Å². The van der Waals surface area contributed by atoms with Crippen molar-refractivity contribution in [2.45, 2.75) is 6.18 Å². The van der Waals surface area contributed by atoms with Crippen LogP contribution < -0.4 is 20.1 Å². The number of hydrogen-bond acceptors (Lipinski definition) is 8. The normalized spacial score (nSPS) is 11.1. The highest BCUT2D eigenvalue weighted by atomic mass is 35.5. The first-order chi connectivity index (χ1) is 15.1. The summed E-state index contributed by atoms with van der Waals surface area (Å²) in [6.45, 7) is 0. The maximum absolute atomic E-state index is 12.7. The van der Waals surface area contributed by atoms with Crippen LogP contribution in [0.25, 0.3) is 0 Å². The van der Waals surface area contributed by atoms with Gasteiger partial charge in [-0.1, -0.05) is 11.6 Å². The molecule has 13 heteroatoms. The minimum absolute atomic E-state index is 0.163. The fraction of sp³-hybridized carbons (Fsp3) is 0.158. The zero-order valence-corrected chi connectivity index (χ0v) is 17.3. The molecule has 2 N–H and O–H groups in total. The molecule has 3 aromatic rings. The SMILES string of the molecule is COc1cc(OC)c(Nc2ncnc(Nc3ccc(C(F)(F)F)cc3)c2[N+](=O)[O-])cc1Cl. The van der Waals surface area contributed by atoms with E-state index in [2.05, 4.69) is 20.6 Å². The number of methoxy groups -OCH3 is 2. The average Bonchev–Trinajstić information content (AvgIpc) is 2.73. The molecule has 0 saturated carbocycles. The molecule has 2 aromatic carbocycles. The van der Waals surface area contributed by atoms with E-state index in [1.807, 2.05) is 0 Å². The number of anilines is 4. The van der Waals surface area contributed by atoms with E-state index in [0.717, 1.165) is 30.6 Å². The number of rotatable bonds is 7. The third kappa shape index (κ3) is 4.91. The molecule has 0 aliphatic heterocycles. The summed E-state index contributed by atoms with van der Waals surface area (Å²) in [7, 11) is 2.81. The van der Waals surface area contributed by atoms with Gasteiger partial charge in [0, 0.05) is 11.8 Å². The molecule has 0 aliphatic rings. The van der Waals surface area contributed by atoms with Gasteiger partial charge >= 0.3 is 11.9 Å². The van der Waals surface area contributed by atoms with Crippen molar-refractivity contribution in [2.24, 2.45) is 0 Å². The highest BCUT2D eigenvalue weighted by Crippen LogP contribution is 2.40.